The van der Waals surface area contributed by atoms with Crippen molar-refractivity contribution in [2.24, 2.45) is 0 Å². The molecule has 3 nitrogen and oxygen atoms in total. The summed E-state index contributed by atoms with van der Waals surface area (Å²) in [5, 5.41) is 14.0. The van der Waals surface area contributed by atoms with Gasteiger partial charge in [0.05, 0.1) is 0 Å². The minimum atomic E-state index is -0.586. The highest BCUT2D eigenvalue weighted by Gasteiger charge is 2.53. The van der Waals surface area contributed by atoms with E-state index in [2.05, 4.69) is 29.6 Å². The van der Waals surface area contributed by atoms with Gasteiger partial charge in [0.1, 0.15) is 17.8 Å². The van der Waals surface area contributed by atoms with Gasteiger partial charge in [-0.05, 0) is 48.7 Å². The van der Waals surface area contributed by atoms with Crippen LogP contribution in [0.5, 0.6) is 0 Å². The van der Waals surface area contributed by atoms with E-state index in [0.717, 1.165) is 36.1 Å². The van der Waals surface area contributed by atoms with E-state index in [1.54, 1.807) is 0 Å². The molecule has 2 heterocycles. The SMILES string of the molecule is CNCCCC12O[C@@H](c3ccccc31)[C@H](O)c1ccccc12. The van der Waals surface area contributed by atoms with Crippen LogP contribution < -0.4 is 5.32 Å². The summed E-state index contributed by atoms with van der Waals surface area (Å²) >= 11 is 0. The molecule has 2 aliphatic rings. The largest absolute Gasteiger partial charge is 0.385 e. The van der Waals surface area contributed by atoms with Gasteiger partial charge in [0.2, 0.25) is 0 Å². The van der Waals surface area contributed by atoms with Crippen molar-refractivity contribution in [3.63, 3.8) is 0 Å². The smallest absolute Gasteiger partial charge is 0.120 e. The van der Waals surface area contributed by atoms with Gasteiger partial charge in [0, 0.05) is 0 Å². The molecule has 0 saturated carbocycles. The zero-order valence-electron chi connectivity index (χ0n) is 12.8. The first-order valence-electron chi connectivity index (χ1n) is 7.97. The Morgan fingerprint density at radius 3 is 2.41 bits per heavy atom. The fourth-order valence-corrected chi connectivity index (χ4v) is 4.03. The third-order valence-corrected chi connectivity index (χ3v) is 4.99. The van der Waals surface area contributed by atoms with E-state index < -0.39 is 11.7 Å². The molecular weight excluding hydrogens is 274 g/mol. The Labute approximate surface area is 130 Å². The summed E-state index contributed by atoms with van der Waals surface area (Å²) < 4.78 is 6.46. The van der Waals surface area contributed by atoms with Gasteiger partial charge in [-0.3, -0.25) is 0 Å². The third-order valence-electron chi connectivity index (χ3n) is 4.99. The van der Waals surface area contributed by atoms with Gasteiger partial charge in [0.15, 0.2) is 0 Å². The second-order valence-electron chi connectivity index (χ2n) is 6.19. The average molecular weight is 295 g/mol. The van der Waals surface area contributed by atoms with Gasteiger partial charge < -0.3 is 15.2 Å². The number of nitrogens with one attached hydrogen (secondary N) is 1. The topological polar surface area (TPSA) is 41.5 Å². The lowest BCUT2D eigenvalue weighted by atomic mass is 9.80. The van der Waals surface area contributed by atoms with Crippen LogP contribution in [0, 0.1) is 0 Å². The van der Waals surface area contributed by atoms with Crippen molar-refractivity contribution in [2.45, 2.75) is 30.7 Å². The van der Waals surface area contributed by atoms with Crippen molar-refractivity contribution in [1.82, 2.24) is 5.32 Å². The predicted octanol–water partition coefficient (Wildman–Crippen LogP) is 3.05. The van der Waals surface area contributed by atoms with Gasteiger partial charge in [-0.2, -0.15) is 0 Å². The molecule has 0 fully saturated rings. The Balaban J connectivity index is 1.90. The summed E-state index contributed by atoms with van der Waals surface area (Å²) in [6.45, 7) is 0.961. The van der Waals surface area contributed by atoms with Crippen LogP contribution in [0.25, 0.3) is 0 Å². The van der Waals surface area contributed by atoms with Crippen LogP contribution in [0.4, 0.5) is 0 Å². The third kappa shape index (κ3) is 1.80. The van der Waals surface area contributed by atoms with Crippen LogP contribution in [-0.2, 0) is 10.3 Å². The highest BCUT2D eigenvalue weighted by atomic mass is 16.5. The summed E-state index contributed by atoms with van der Waals surface area (Å²) in [5.74, 6) is 0. The van der Waals surface area contributed by atoms with Crippen LogP contribution in [-0.4, -0.2) is 18.7 Å². The number of aliphatic hydroxyl groups excluding tert-OH is 1. The maximum Gasteiger partial charge on any atom is 0.120 e. The van der Waals surface area contributed by atoms with Gasteiger partial charge in [-0.15, -0.1) is 0 Å². The number of rotatable bonds is 4. The number of hydrogen-bond donors (Lipinski definition) is 2. The highest BCUT2D eigenvalue weighted by Crippen LogP contribution is 2.58. The van der Waals surface area contributed by atoms with Crippen molar-refractivity contribution < 1.29 is 9.84 Å². The average Bonchev–Trinajstić information content (AvgIpc) is 2.87. The summed E-state index contributed by atoms with van der Waals surface area (Å²) in [7, 11) is 1.97. The molecule has 3 heteroatoms. The molecule has 2 aromatic rings. The van der Waals surface area contributed by atoms with Gasteiger partial charge in [-0.1, -0.05) is 48.5 Å². The number of ether oxygens (including phenoxy) is 1. The molecule has 3 atom stereocenters. The van der Waals surface area contributed by atoms with Crippen LogP contribution in [0.3, 0.4) is 0 Å². The van der Waals surface area contributed by atoms with Gasteiger partial charge in [-0.25, -0.2) is 0 Å². The number of hydrogen-bond acceptors (Lipinski definition) is 3. The van der Waals surface area contributed by atoms with Crippen LogP contribution in [0.15, 0.2) is 48.5 Å². The lowest BCUT2D eigenvalue weighted by Gasteiger charge is -2.39. The maximum absolute atomic E-state index is 10.7. The quantitative estimate of drug-likeness (QED) is 0.852. The normalized spacial score (nSPS) is 28.3. The van der Waals surface area contributed by atoms with Crippen LogP contribution >= 0.6 is 0 Å². The van der Waals surface area contributed by atoms with Crippen molar-refractivity contribution >= 4 is 0 Å². The monoisotopic (exact) mass is 295 g/mol. The van der Waals surface area contributed by atoms with Crippen molar-refractivity contribution in [2.75, 3.05) is 13.6 Å². The first kappa shape index (κ1) is 13.9. The highest BCUT2D eigenvalue weighted by molar-refractivity contribution is 5.53. The molecule has 0 saturated heterocycles. The van der Waals surface area contributed by atoms with E-state index in [-0.39, 0.29) is 6.10 Å². The Hall–Kier alpha value is -1.68. The Morgan fingerprint density at radius 1 is 1.05 bits per heavy atom. The molecule has 22 heavy (non-hydrogen) atoms. The van der Waals surface area contributed by atoms with E-state index >= 15 is 0 Å². The van der Waals surface area contributed by atoms with Crippen molar-refractivity contribution in [3.8, 4) is 0 Å². The Bertz CT molecular complexity index is 699. The minimum Gasteiger partial charge on any atom is -0.385 e. The predicted molar refractivity (Wildman–Crippen MR) is 85.6 cm³/mol. The Kier molecular flexibility index (Phi) is 3.30. The molecule has 0 radical (unpaired) electrons. The second-order valence-corrected chi connectivity index (χ2v) is 6.19. The molecule has 0 amide bonds. The fourth-order valence-electron chi connectivity index (χ4n) is 4.03. The fraction of sp³-hybridized carbons (Fsp3) is 0.368. The molecule has 0 aromatic heterocycles. The number of fused-ring (bicyclic) bond motifs is 7. The van der Waals surface area contributed by atoms with Gasteiger partial charge >= 0.3 is 0 Å². The molecule has 2 N–H and O–H groups in total. The zero-order chi connectivity index (χ0) is 15.2. The molecular formula is C19H21NO2. The number of aliphatic hydroxyl groups is 1. The van der Waals surface area contributed by atoms with E-state index in [0.29, 0.717) is 0 Å². The number of benzene rings is 2. The summed E-state index contributed by atoms with van der Waals surface area (Å²) in [6, 6.07) is 16.5. The summed E-state index contributed by atoms with van der Waals surface area (Å²) in [4.78, 5) is 0. The Morgan fingerprint density at radius 2 is 1.68 bits per heavy atom. The van der Waals surface area contributed by atoms with Gasteiger partial charge in [0.25, 0.3) is 0 Å². The zero-order valence-corrected chi connectivity index (χ0v) is 12.8. The molecule has 0 spiro atoms. The van der Waals surface area contributed by atoms with Crippen LogP contribution in [0.1, 0.15) is 47.3 Å². The van der Waals surface area contributed by atoms with E-state index in [4.69, 9.17) is 4.74 Å². The van der Waals surface area contributed by atoms with E-state index in [9.17, 15) is 5.11 Å². The minimum absolute atomic E-state index is 0.249. The lowest BCUT2D eigenvalue weighted by Crippen LogP contribution is -2.34. The van der Waals surface area contributed by atoms with E-state index in [1.807, 2.05) is 31.3 Å². The van der Waals surface area contributed by atoms with E-state index in [1.165, 1.54) is 5.56 Å². The molecule has 0 aliphatic carbocycles. The molecule has 2 bridgehead atoms. The summed E-state index contributed by atoms with van der Waals surface area (Å²) in [5.41, 5.74) is 4.09. The maximum atomic E-state index is 10.7. The van der Waals surface area contributed by atoms with Crippen molar-refractivity contribution in [1.29, 1.82) is 0 Å². The molecule has 114 valence electrons. The first-order chi connectivity index (χ1) is 10.8. The molecule has 4 rings (SSSR count). The molecule has 2 aliphatic heterocycles. The van der Waals surface area contributed by atoms with Crippen molar-refractivity contribution in [3.05, 3.63) is 70.8 Å². The standard InChI is InChI=1S/C19H21NO2/c1-20-12-6-11-19-15-9-4-2-7-13(15)17(21)18(22-19)14-8-3-5-10-16(14)19/h2-5,7-10,17-18,20-21H,6,11-12H2,1H3/t17-,18+,19?/m1/s1. The molecule has 2 aromatic carbocycles. The molecule has 1 unspecified atom stereocenters. The second kappa shape index (κ2) is 5.20. The lowest BCUT2D eigenvalue weighted by molar-refractivity contribution is -0.123. The van der Waals surface area contributed by atoms with Crippen LogP contribution in [0.2, 0.25) is 0 Å². The summed E-state index contributed by atoms with van der Waals surface area (Å²) in [6.07, 6.45) is 1.12. The first-order valence-corrected chi connectivity index (χ1v) is 7.97.